The number of nitro groups is 1. The molecule has 0 saturated heterocycles. The van der Waals surface area contributed by atoms with E-state index in [4.69, 9.17) is 5.26 Å². The van der Waals surface area contributed by atoms with E-state index >= 15 is 0 Å². The van der Waals surface area contributed by atoms with Gasteiger partial charge in [-0.1, -0.05) is 30.3 Å². The minimum absolute atomic E-state index is 0.0165. The first-order chi connectivity index (χ1) is 11.2. The third-order valence-corrected chi connectivity index (χ3v) is 3.60. The Bertz CT molecular complexity index is 711. The summed E-state index contributed by atoms with van der Waals surface area (Å²) < 4.78 is 0. The van der Waals surface area contributed by atoms with Gasteiger partial charge in [0.25, 0.3) is 5.69 Å². The van der Waals surface area contributed by atoms with Crippen LogP contribution in [0.15, 0.2) is 48.5 Å². The average molecular weight is 311 g/mol. The van der Waals surface area contributed by atoms with Crippen molar-refractivity contribution < 1.29 is 10.0 Å². The van der Waals surface area contributed by atoms with Crippen molar-refractivity contribution in [1.29, 1.82) is 5.26 Å². The third kappa shape index (κ3) is 4.36. The van der Waals surface area contributed by atoms with Crippen molar-refractivity contribution >= 4 is 5.69 Å². The monoisotopic (exact) mass is 311 g/mol. The van der Waals surface area contributed by atoms with Crippen LogP contribution >= 0.6 is 0 Å². The fourth-order valence-corrected chi connectivity index (χ4v) is 2.37. The van der Waals surface area contributed by atoms with E-state index in [1.54, 1.807) is 0 Å². The van der Waals surface area contributed by atoms with Gasteiger partial charge in [-0.15, -0.1) is 0 Å². The Morgan fingerprint density at radius 1 is 1.26 bits per heavy atom. The Labute approximate surface area is 134 Å². The number of aliphatic hydroxyl groups is 1. The van der Waals surface area contributed by atoms with Gasteiger partial charge in [0.15, 0.2) is 0 Å². The molecule has 6 nitrogen and oxygen atoms in total. The van der Waals surface area contributed by atoms with Crippen LogP contribution in [0.1, 0.15) is 22.6 Å². The molecular weight excluding hydrogens is 294 g/mol. The molecule has 2 aromatic rings. The van der Waals surface area contributed by atoms with Crippen LogP contribution in [-0.2, 0) is 6.54 Å². The third-order valence-electron chi connectivity index (χ3n) is 3.60. The maximum Gasteiger partial charge on any atom is 0.273 e. The van der Waals surface area contributed by atoms with E-state index in [1.807, 2.05) is 36.4 Å². The minimum atomic E-state index is -0.459. The number of nitrogens with one attached hydrogen (secondary N) is 1. The summed E-state index contributed by atoms with van der Waals surface area (Å²) in [5.74, 6) is -0.0885. The fourth-order valence-electron chi connectivity index (χ4n) is 2.37. The Morgan fingerprint density at radius 2 is 2.00 bits per heavy atom. The van der Waals surface area contributed by atoms with Crippen LogP contribution in [0, 0.1) is 21.4 Å². The lowest BCUT2D eigenvalue weighted by atomic mass is 10.00. The highest BCUT2D eigenvalue weighted by atomic mass is 16.6. The van der Waals surface area contributed by atoms with Gasteiger partial charge in [0, 0.05) is 30.6 Å². The number of nitro benzene ring substituents is 1. The number of rotatable bonds is 7. The maximum atomic E-state index is 11.1. The topological polar surface area (TPSA) is 99.2 Å². The van der Waals surface area contributed by atoms with E-state index in [2.05, 4.69) is 5.32 Å². The second-order valence-electron chi connectivity index (χ2n) is 5.13. The number of nitriles is 1. The second-order valence-corrected chi connectivity index (χ2v) is 5.13. The van der Waals surface area contributed by atoms with Crippen LogP contribution < -0.4 is 5.32 Å². The zero-order valence-electron chi connectivity index (χ0n) is 12.5. The van der Waals surface area contributed by atoms with Crippen LogP contribution in [0.4, 0.5) is 5.69 Å². The summed E-state index contributed by atoms with van der Waals surface area (Å²) in [6.45, 7) is 0.723. The van der Waals surface area contributed by atoms with E-state index in [0.717, 1.165) is 5.56 Å². The lowest BCUT2D eigenvalue weighted by Gasteiger charge is -2.15. The predicted molar refractivity (Wildman–Crippen MR) is 85.8 cm³/mol. The highest BCUT2D eigenvalue weighted by molar-refractivity contribution is 5.46. The quantitative estimate of drug-likeness (QED) is 0.604. The molecule has 0 heterocycles. The summed E-state index contributed by atoms with van der Waals surface area (Å²) in [5, 5.41) is 32.6. The number of hydrogen-bond acceptors (Lipinski definition) is 5. The Hall–Kier alpha value is -2.75. The van der Waals surface area contributed by atoms with Crippen molar-refractivity contribution in [2.45, 2.75) is 12.5 Å². The molecule has 2 rings (SSSR count). The normalized spacial score (nSPS) is 11.7. The summed E-state index contributed by atoms with van der Waals surface area (Å²) in [6.07, 6.45) is 0. The molecule has 0 radical (unpaired) electrons. The first kappa shape index (κ1) is 16.6. The van der Waals surface area contributed by atoms with Crippen LogP contribution in [-0.4, -0.2) is 23.2 Å². The van der Waals surface area contributed by atoms with Crippen molar-refractivity contribution in [2.75, 3.05) is 13.2 Å². The summed E-state index contributed by atoms with van der Waals surface area (Å²) in [7, 11) is 0. The molecule has 1 atom stereocenters. The van der Waals surface area contributed by atoms with Crippen LogP contribution in [0.5, 0.6) is 0 Å². The fraction of sp³-hybridized carbons (Fsp3) is 0.235. The van der Waals surface area contributed by atoms with Crippen LogP contribution in [0.2, 0.25) is 0 Å². The van der Waals surface area contributed by atoms with Crippen molar-refractivity contribution in [2.24, 2.45) is 0 Å². The summed E-state index contributed by atoms with van der Waals surface area (Å²) >= 11 is 0. The molecule has 2 N–H and O–H groups in total. The van der Waals surface area contributed by atoms with E-state index < -0.39 is 4.92 Å². The Morgan fingerprint density at radius 3 is 2.61 bits per heavy atom. The summed E-state index contributed by atoms with van der Waals surface area (Å²) in [5.41, 5.74) is 1.83. The number of hydrogen-bond donors (Lipinski definition) is 2. The largest absolute Gasteiger partial charge is 0.396 e. The SMILES string of the molecule is N#Cc1ccc([N+](=O)[O-])c(CNCC(CO)c2ccccc2)c1. The molecule has 0 aliphatic carbocycles. The van der Waals surface area contributed by atoms with E-state index in [9.17, 15) is 15.2 Å². The number of aliphatic hydroxyl groups excluding tert-OH is 1. The minimum Gasteiger partial charge on any atom is -0.396 e. The highest BCUT2D eigenvalue weighted by Gasteiger charge is 2.15. The van der Waals surface area contributed by atoms with Gasteiger partial charge in [-0.2, -0.15) is 5.26 Å². The second kappa shape index (κ2) is 8.03. The molecule has 0 aromatic heterocycles. The van der Waals surface area contributed by atoms with Crippen molar-refractivity contribution in [3.63, 3.8) is 0 Å². The predicted octanol–water partition coefficient (Wildman–Crippen LogP) is 2.33. The van der Waals surface area contributed by atoms with E-state index in [1.165, 1.54) is 18.2 Å². The molecule has 23 heavy (non-hydrogen) atoms. The Balaban J connectivity index is 2.06. The average Bonchev–Trinajstić information content (AvgIpc) is 2.59. The number of benzene rings is 2. The van der Waals surface area contributed by atoms with Gasteiger partial charge >= 0.3 is 0 Å². The smallest absolute Gasteiger partial charge is 0.273 e. The highest BCUT2D eigenvalue weighted by Crippen LogP contribution is 2.20. The molecule has 0 aliphatic heterocycles. The van der Waals surface area contributed by atoms with Crippen molar-refractivity contribution in [1.82, 2.24) is 5.32 Å². The van der Waals surface area contributed by atoms with Crippen LogP contribution in [0.25, 0.3) is 0 Å². The van der Waals surface area contributed by atoms with E-state index in [0.29, 0.717) is 17.7 Å². The molecule has 0 aliphatic rings. The first-order valence-electron chi connectivity index (χ1n) is 7.19. The molecule has 0 bridgehead atoms. The molecule has 0 spiro atoms. The Kier molecular flexibility index (Phi) is 5.80. The van der Waals surface area contributed by atoms with Gasteiger partial charge in [0.05, 0.1) is 23.2 Å². The lowest BCUT2D eigenvalue weighted by molar-refractivity contribution is -0.385. The van der Waals surface area contributed by atoms with Gasteiger partial charge in [-0.05, 0) is 17.7 Å². The lowest BCUT2D eigenvalue weighted by Crippen LogP contribution is -2.23. The van der Waals surface area contributed by atoms with E-state index in [-0.39, 0.29) is 24.8 Å². The zero-order valence-corrected chi connectivity index (χ0v) is 12.5. The van der Waals surface area contributed by atoms with Gasteiger partial charge in [-0.25, -0.2) is 0 Å². The van der Waals surface area contributed by atoms with Crippen molar-refractivity contribution in [3.8, 4) is 6.07 Å². The molecule has 0 amide bonds. The van der Waals surface area contributed by atoms with Crippen molar-refractivity contribution in [3.05, 3.63) is 75.3 Å². The molecule has 2 aromatic carbocycles. The van der Waals surface area contributed by atoms with Gasteiger partial charge in [-0.3, -0.25) is 10.1 Å². The molecular formula is C17H17N3O3. The van der Waals surface area contributed by atoms with Gasteiger partial charge in [0.1, 0.15) is 0 Å². The molecule has 6 heteroatoms. The molecule has 118 valence electrons. The molecule has 1 unspecified atom stereocenters. The maximum absolute atomic E-state index is 11.1. The first-order valence-corrected chi connectivity index (χ1v) is 7.19. The number of nitrogens with zero attached hydrogens (tertiary/aromatic N) is 2. The summed E-state index contributed by atoms with van der Waals surface area (Å²) in [6, 6.07) is 15.8. The zero-order chi connectivity index (χ0) is 16.7. The standard InChI is InChI=1S/C17H17N3O3/c18-9-13-6-7-17(20(22)23)15(8-13)10-19-11-16(12-21)14-4-2-1-3-5-14/h1-8,16,19,21H,10-12H2. The van der Waals surface area contributed by atoms with Gasteiger partial charge in [0.2, 0.25) is 0 Å². The van der Waals surface area contributed by atoms with Gasteiger partial charge < -0.3 is 10.4 Å². The molecule has 0 fully saturated rings. The van der Waals surface area contributed by atoms with Crippen LogP contribution in [0.3, 0.4) is 0 Å². The molecule has 0 saturated carbocycles. The summed E-state index contributed by atoms with van der Waals surface area (Å²) in [4.78, 5) is 10.6.